The first kappa shape index (κ1) is 14.1. The van der Waals surface area contributed by atoms with Crippen molar-refractivity contribution in [2.75, 3.05) is 7.11 Å². The van der Waals surface area contributed by atoms with E-state index in [2.05, 4.69) is 20.2 Å². The van der Waals surface area contributed by atoms with E-state index in [4.69, 9.17) is 4.74 Å². The number of hydrogen-bond donors (Lipinski definition) is 0. The Balaban J connectivity index is 1.83. The topological polar surface area (TPSA) is 49.0 Å². The van der Waals surface area contributed by atoms with Crippen LogP contribution in [0.15, 0.2) is 36.9 Å². The number of benzene rings is 1. The number of carbonyl (C=O) groups is 1. The Morgan fingerprint density at radius 1 is 1.35 bits per heavy atom. The lowest BCUT2D eigenvalue weighted by molar-refractivity contribution is 0.112. The summed E-state index contributed by atoms with van der Waals surface area (Å²) in [5.41, 5.74) is 3.12. The summed E-state index contributed by atoms with van der Waals surface area (Å²) in [6.07, 6.45) is 8.91. The van der Waals surface area contributed by atoms with E-state index in [1.165, 1.54) is 18.5 Å². The minimum Gasteiger partial charge on any atom is -0.497 e. The highest BCUT2D eigenvalue weighted by Crippen LogP contribution is 2.45. The Hall–Kier alpha value is -2.56. The Labute approximate surface area is 134 Å². The third-order valence-corrected chi connectivity index (χ3v) is 4.57. The van der Waals surface area contributed by atoms with Gasteiger partial charge in [-0.3, -0.25) is 4.79 Å². The molecule has 5 heteroatoms. The van der Waals surface area contributed by atoms with E-state index in [1.54, 1.807) is 13.3 Å². The second-order valence-corrected chi connectivity index (χ2v) is 6.03. The van der Waals surface area contributed by atoms with Crippen LogP contribution >= 0.6 is 0 Å². The summed E-state index contributed by atoms with van der Waals surface area (Å²) in [6, 6.07) is 5.99. The predicted octanol–water partition coefficient (Wildman–Crippen LogP) is 3.24. The van der Waals surface area contributed by atoms with Crippen LogP contribution in [-0.4, -0.2) is 27.5 Å². The van der Waals surface area contributed by atoms with E-state index in [1.807, 2.05) is 24.7 Å². The van der Waals surface area contributed by atoms with Crippen LogP contribution in [0.3, 0.4) is 0 Å². The monoisotopic (exact) mass is 309 g/mol. The molecule has 0 spiro atoms. The van der Waals surface area contributed by atoms with Crippen molar-refractivity contribution in [1.82, 2.24) is 14.1 Å². The van der Waals surface area contributed by atoms with Gasteiger partial charge in [0.1, 0.15) is 5.75 Å². The SMILES string of the molecule is COc1ccc2c(c1)c(C=O)c(C1CC1)n2CCn1ccnc1. The number of aldehydes is 1. The highest BCUT2D eigenvalue weighted by molar-refractivity contribution is 6.00. The summed E-state index contributed by atoms with van der Waals surface area (Å²) in [7, 11) is 1.65. The summed E-state index contributed by atoms with van der Waals surface area (Å²) >= 11 is 0. The molecule has 23 heavy (non-hydrogen) atoms. The number of rotatable bonds is 6. The maximum atomic E-state index is 11.8. The summed E-state index contributed by atoms with van der Waals surface area (Å²) in [5.74, 6) is 1.30. The predicted molar refractivity (Wildman–Crippen MR) is 88.1 cm³/mol. The zero-order valence-corrected chi connectivity index (χ0v) is 13.1. The minimum atomic E-state index is 0.511. The average molecular weight is 309 g/mol. The fraction of sp³-hybridized carbons (Fsp3) is 0.333. The zero-order valence-electron chi connectivity index (χ0n) is 13.1. The number of aryl methyl sites for hydroxylation is 2. The molecule has 0 N–H and O–H groups in total. The first-order valence-electron chi connectivity index (χ1n) is 7.93. The summed E-state index contributed by atoms with van der Waals surface area (Å²) in [4.78, 5) is 15.8. The van der Waals surface area contributed by atoms with Crippen LogP contribution in [0.2, 0.25) is 0 Å². The van der Waals surface area contributed by atoms with Gasteiger partial charge < -0.3 is 13.9 Å². The molecule has 1 aromatic carbocycles. The van der Waals surface area contributed by atoms with Gasteiger partial charge in [-0.05, 0) is 37.0 Å². The fourth-order valence-corrected chi connectivity index (χ4v) is 3.30. The molecule has 0 amide bonds. The number of ether oxygens (including phenoxy) is 1. The molecule has 1 fully saturated rings. The smallest absolute Gasteiger partial charge is 0.152 e. The molecule has 1 saturated carbocycles. The number of hydrogen-bond acceptors (Lipinski definition) is 3. The highest BCUT2D eigenvalue weighted by Gasteiger charge is 2.31. The molecule has 0 unspecified atom stereocenters. The number of imidazole rings is 1. The number of nitrogens with zero attached hydrogens (tertiary/aromatic N) is 3. The summed E-state index contributed by atoms with van der Waals surface area (Å²) in [6.45, 7) is 1.67. The van der Waals surface area contributed by atoms with Crippen molar-refractivity contribution in [3.8, 4) is 5.75 Å². The van der Waals surface area contributed by atoms with Gasteiger partial charge >= 0.3 is 0 Å². The van der Waals surface area contributed by atoms with Crippen LogP contribution < -0.4 is 4.74 Å². The maximum absolute atomic E-state index is 11.8. The van der Waals surface area contributed by atoms with Gasteiger partial charge in [0.05, 0.1) is 13.4 Å². The number of methoxy groups -OCH3 is 1. The molecule has 3 aromatic rings. The largest absolute Gasteiger partial charge is 0.497 e. The average Bonchev–Trinajstić information content (AvgIpc) is 3.19. The van der Waals surface area contributed by atoms with Crippen molar-refractivity contribution in [3.63, 3.8) is 0 Å². The number of fused-ring (bicyclic) bond motifs is 1. The van der Waals surface area contributed by atoms with E-state index in [0.29, 0.717) is 5.92 Å². The zero-order chi connectivity index (χ0) is 15.8. The molecule has 0 atom stereocenters. The molecule has 0 radical (unpaired) electrons. The lowest BCUT2D eigenvalue weighted by Crippen LogP contribution is -2.09. The van der Waals surface area contributed by atoms with Crippen LogP contribution in [0.4, 0.5) is 0 Å². The van der Waals surface area contributed by atoms with E-state index < -0.39 is 0 Å². The second-order valence-electron chi connectivity index (χ2n) is 6.03. The standard InChI is InChI=1S/C18H19N3O2/c1-23-14-4-5-17-15(10-14)16(11-22)18(13-2-3-13)21(17)9-8-20-7-6-19-12-20/h4-7,10-13H,2-3,8-9H2,1H3. The van der Waals surface area contributed by atoms with Crippen molar-refractivity contribution in [3.05, 3.63) is 48.2 Å². The first-order valence-corrected chi connectivity index (χ1v) is 7.93. The van der Waals surface area contributed by atoms with Gasteiger partial charge in [-0.2, -0.15) is 0 Å². The maximum Gasteiger partial charge on any atom is 0.152 e. The van der Waals surface area contributed by atoms with Crippen LogP contribution in [0.1, 0.15) is 34.8 Å². The van der Waals surface area contributed by atoms with E-state index in [-0.39, 0.29) is 0 Å². The normalized spacial score (nSPS) is 14.3. The molecule has 4 rings (SSSR count). The Morgan fingerprint density at radius 2 is 2.22 bits per heavy atom. The van der Waals surface area contributed by atoms with Gasteiger partial charge in [0.15, 0.2) is 6.29 Å². The Morgan fingerprint density at radius 3 is 2.87 bits per heavy atom. The van der Waals surface area contributed by atoms with E-state index >= 15 is 0 Å². The van der Waals surface area contributed by atoms with Gasteiger partial charge in [-0.15, -0.1) is 0 Å². The van der Waals surface area contributed by atoms with Crippen molar-refractivity contribution in [1.29, 1.82) is 0 Å². The fourth-order valence-electron chi connectivity index (χ4n) is 3.30. The molecule has 0 bridgehead atoms. The first-order chi connectivity index (χ1) is 11.3. The highest BCUT2D eigenvalue weighted by atomic mass is 16.5. The van der Waals surface area contributed by atoms with Gasteiger partial charge in [0.25, 0.3) is 0 Å². The number of carbonyl (C=O) groups excluding carboxylic acids is 1. The molecule has 0 aliphatic heterocycles. The third kappa shape index (κ3) is 2.42. The van der Waals surface area contributed by atoms with Crippen LogP contribution in [0.5, 0.6) is 5.75 Å². The number of aromatic nitrogens is 3. The second kappa shape index (κ2) is 5.57. The van der Waals surface area contributed by atoms with Gasteiger partial charge in [-0.1, -0.05) is 0 Å². The quantitative estimate of drug-likeness (QED) is 0.657. The van der Waals surface area contributed by atoms with Crippen molar-refractivity contribution in [2.24, 2.45) is 0 Å². The minimum absolute atomic E-state index is 0.511. The molecular formula is C18H19N3O2. The lowest BCUT2D eigenvalue weighted by atomic mass is 10.1. The van der Waals surface area contributed by atoms with Gasteiger partial charge in [-0.25, -0.2) is 4.98 Å². The van der Waals surface area contributed by atoms with Crippen LogP contribution in [0.25, 0.3) is 10.9 Å². The summed E-state index contributed by atoms with van der Waals surface area (Å²) < 4.78 is 9.69. The van der Waals surface area contributed by atoms with Crippen molar-refractivity contribution < 1.29 is 9.53 Å². The molecule has 118 valence electrons. The molecule has 2 heterocycles. The molecule has 0 saturated heterocycles. The Bertz CT molecular complexity index is 845. The van der Waals surface area contributed by atoms with E-state index in [9.17, 15) is 4.79 Å². The van der Waals surface area contributed by atoms with Crippen LogP contribution in [-0.2, 0) is 13.1 Å². The molecule has 5 nitrogen and oxygen atoms in total. The molecule has 2 aromatic heterocycles. The van der Waals surface area contributed by atoms with Gasteiger partial charge in [0.2, 0.25) is 0 Å². The molecule has 1 aliphatic carbocycles. The van der Waals surface area contributed by atoms with Gasteiger partial charge in [0, 0.05) is 47.6 Å². The molecular weight excluding hydrogens is 290 g/mol. The summed E-state index contributed by atoms with van der Waals surface area (Å²) in [5, 5.41) is 0.992. The van der Waals surface area contributed by atoms with Crippen LogP contribution in [0, 0.1) is 0 Å². The van der Waals surface area contributed by atoms with E-state index in [0.717, 1.165) is 41.6 Å². The Kier molecular flexibility index (Phi) is 3.41. The lowest BCUT2D eigenvalue weighted by Gasteiger charge is -2.11. The van der Waals surface area contributed by atoms with Crippen molar-refractivity contribution >= 4 is 17.2 Å². The third-order valence-electron chi connectivity index (χ3n) is 4.57. The van der Waals surface area contributed by atoms with Crippen molar-refractivity contribution in [2.45, 2.75) is 31.8 Å². The molecule has 1 aliphatic rings.